The lowest BCUT2D eigenvalue weighted by Gasteiger charge is -2.14. The van der Waals surface area contributed by atoms with Gasteiger partial charge in [-0.1, -0.05) is 36.4 Å². The topological polar surface area (TPSA) is 118 Å². The van der Waals surface area contributed by atoms with Crippen LogP contribution in [0.3, 0.4) is 0 Å². The molecule has 3 aromatic rings. The fraction of sp³-hybridized carbons (Fsp3) is 0.261. The van der Waals surface area contributed by atoms with Crippen LogP contribution in [-0.2, 0) is 13.0 Å². The Morgan fingerprint density at radius 2 is 1.84 bits per heavy atom. The van der Waals surface area contributed by atoms with E-state index in [1.807, 2.05) is 42.5 Å². The zero-order chi connectivity index (χ0) is 22.7. The van der Waals surface area contributed by atoms with Crippen LogP contribution in [0.4, 0.5) is 0 Å². The Bertz CT molecular complexity index is 1260. The number of aromatic nitrogens is 2. The first-order valence-corrected chi connectivity index (χ1v) is 10.2. The second-order valence-corrected chi connectivity index (χ2v) is 7.40. The maximum absolute atomic E-state index is 12.5. The number of ether oxygens (including phenoxy) is 2. The summed E-state index contributed by atoms with van der Waals surface area (Å²) in [6.45, 7) is 0.221. The predicted octanol–water partition coefficient (Wildman–Crippen LogP) is 1.94. The predicted molar refractivity (Wildman–Crippen MR) is 120 cm³/mol. The molecule has 0 saturated carbocycles. The van der Waals surface area contributed by atoms with Crippen molar-refractivity contribution in [2.24, 2.45) is 5.10 Å². The summed E-state index contributed by atoms with van der Waals surface area (Å²) in [4.78, 5) is 27.2. The second kappa shape index (κ2) is 9.01. The van der Waals surface area contributed by atoms with Gasteiger partial charge in [-0.15, -0.1) is 0 Å². The minimum Gasteiger partial charge on any atom is -0.494 e. The molecule has 0 saturated heterocycles. The van der Waals surface area contributed by atoms with E-state index in [0.717, 1.165) is 15.7 Å². The summed E-state index contributed by atoms with van der Waals surface area (Å²) >= 11 is 0. The van der Waals surface area contributed by atoms with Crippen molar-refractivity contribution < 1.29 is 14.6 Å². The molecule has 1 aliphatic rings. The number of aromatic hydroxyl groups is 1. The van der Waals surface area contributed by atoms with Crippen LogP contribution >= 0.6 is 0 Å². The van der Waals surface area contributed by atoms with Gasteiger partial charge in [0.1, 0.15) is 5.56 Å². The molecule has 0 amide bonds. The molecule has 2 heterocycles. The second-order valence-electron chi connectivity index (χ2n) is 7.40. The number of benzene rings is 2. The average Bonchev–Trinajstić information content (AvgIpc) is 3.28. The van der Waals surface area contributed by atoms with E-state index in [2.05, 4.69) is 15.5 Å². The number of hydrogen-bond acceptors (Lipinski definition) is 7. The number of nitrogens with one attached hydrogen (secondary N) is 2. The number of rotatable bonds is 7. The molecule has 1 aliphatic heterocycles. The lowest BCUT2D eigenvalue weighted by Crippen LogP contribution is -2.34. The third-order valence-corrected chi connectivity index (χ3v) is 5.49. The third kappa shape index (κ3) is 4.09. The number of nitrogens with zero attached hydrogens (tertiary/aromatic N) is 2. The molecule has 9 nitrogen and oxygen atoms in total. The first-order chi connectivity index (χ1) is 15.5. The summed E-state index contributed by atoms with van der Waals surface area (Å²) in [7, 11) is 3.12. The Hall–Kier alpha value is -4.01. The van der Waals surface area contributed by atoms with Crippen LogP contribution in [0.5, 0.6) is 17.4 Å². The molecule has 0 spiro atoms. The quantitative estimate of drug-likeness (QED) is 0.521. The van der Waals surface area contributed by atoms with E-state index in [1.54, 1.807) is 20.3 Å². The zero-order valence-corrected chi connectivity index (χ0v) is 17.8. The number of aromatic amines is 1. The van der Waals surface area contributed by atoms with Crippen LogP contribution in [0.25, 0.3) is 0 Å². The van der Waals surface area contributed by atoms with Gasteiger partial charge in [0.25, 0.3) is 5.56 Å². The smallest absolute Gasteiger partial charge is 0.331 e. The number of hydrazone groups is 1. The van der Waals surface area contributed by atoms with Crippen molar-refractivity contribution >= 4 is 5.71 Å². The first-order valence-electron chi connectivity index (χ1n) is 10.2. The molecule has 1 aromatic heterocycles. The van der Waals surface area contributed by atoms with E-state index in [4.69, 9.17) is 9.47 Å². The van der Waals surface area contributed by atoms with Gasteiger partial charge in [0.2, 0.25) is 5.88 Å². The summed E-state index contributed by atoms with van der Waals surface area (Å²) in [5.41, 5.74) is 3.93. The van der Waals surface area contributed by atoms with Gasteiger partial charge >= 0.3 is 5.69 Å². The van der Waals surface area contributed by atoms with Crippen LogP contribution in [0.1, 0.15) is 29.2 Å². The van der Waals surface area contributed by atoms with Crippen molar-refractivity contribution in [1.29, 1.82) is 0 Å². The highest BCUT2D eigenvalue weighted by Crippen LogP contribution is 2.33. The maximum atomic E-state index is 12.5. The Labute approximate surface area is 184 Å². The van der Waals surface area contributed by atoms with E-state index < -0.39 is 11.2 Å². The van der Waals surface area contributed by atoms with Gasteiger partial charge in [-0.3, -0.25) is 14.3 Å². The SMILES string of the molecule is COc1ccc([C@@H]2CC(c3c(O)n(CCc4ccccc4)c(=O)[nH]c3=O)=NN2)cc1OC. The summed E-state index contributed by atoms with van der Waals surface area (Å²) in [5.74, 6) is 0.800. The molecule has 0 radical (unpaired) electrons. The van der Waals surface area contributed by atoms with Crippen LogP contribution in [-0.4, -0.2) is 34.6 Å². The van der Waals surface area contributed by atoms with Crippen molar-refractivity contribution in [2.45, 2.75) is 25.4 Å². The number of hydrogen-bond donors (Lipinski definition) is 3. The molecule has 0 unspecified atom stereocenters. The highest BCUT2D eigenvalue weighted by atomic mass is 16.5. The molecule has 4 rings (SSSR count). The van der Waals surface area contributed by atoms with Gasteiger partial charge in [-0.2, -0.15) is 5.10 Å². The van der Waals surface area contributed by atoms with Crippen molar-refractivity contribution in [3.05, 3.63) is 86.1 Å². The molecule has 2 aromatic carbocycles. The monoisotopic (exact) mass is 436 g/mol. The van der Waals surface area contributed by atoms with Gasteiger partial charge in [-0.25, -0.2) is 4.79 Å². The molecule has 1 atom stereocenters. The fourth-order valence-corrected chi connectivity index (χ4v) is 3.77. The van der Waals surface area contributed by atoms with Crippen LogP contribution in [0.2, 0.25) is 0 Å². The molecule has 166 valence electrons. The molecule has 32 heavy (non-hydrogen) atoms. The largest absolute Gasteiger partial charge is 0.494 e. The minimum atomic E-state index is -0.669. The summed E-state index contributed by atoms with van der Waals surface area (Å²) in [6.07, 6.45) is 0.877. The Morgan fingerprint density at radius 1 is 1.09 bits per heavy atom. The highest BCUT2D eigenvalue weighted by molar-refractivity contribution is 6.03. The number of H-pyrrole nitrogens is 1. The molecule has 3 N–H and O–H groups in total. The fourth-order valence-electron chi connectivity index (χ4n) is 3.77. The van der Waals surface area contributed by atoms with Crippen molar-refractivity contribution in [3.8, 4) is 17.4 Å². The van der Waals surface area contributed by atoms with Crippen LogP contribution < -0.4 is 26.1 Å². The average molecular weight is 436 g/mol. The van der Waals surface area contributed by atoms with Gasteiger partial charge in [0, 0.05) is 13.0 Å². The van der Waals surface area contributed by atoms with Crippen molar-refractivity contribution in [1.82, 2.24) is 15.0 Å². The molecular formula is C23H24N4O5. The van der Waals surface area contributed by atoms with Crippen LogP contribution in [0.15, 0.2) is 63.2 Å². The molecule has 0 bridgehead atoms. The summed E-state index contributed by atoms with van der Waals surface area (Å²) in [5, 5.41) is 15.1. The van der Waals surface area contributed by atoms with Crippen LogP contribution in [0, 0.1) is 0 Å². The lowest BCUT2D eigenvalue weighted by atomic mass is 9.99. The van der Waals surface area contributed by atoms with E-state index in [9.17, 15) is 14.7 Å². The van der Waals surface area contributed by atoms with Crippen molar-refractivity contribution in [2.75, 3.05) is 14.2 Å². The number of aryl methyl sites for hydroxylation is 1. The Kier molecular flexibility index (Phi) is 5.98. The molecule has 9 heteroatoms. The van der Waals surface area contributed by atoms with Gasteiger partial charge in [0.05, 0.1) is 26.0 Å². The molecule has 0 aliphatic carbocycles. The van der Waals surface area contributed by atoms with E-state index >= 15 is 0 Å². The Morgan fingerprint density at radius 3 is 2.56 bits per heavy atom. The van der Waals surface area contributed by atoms with Gasteiger partial charge < -0.3 is 20.0 Å². The van der Waals surface area contributed by atoms with E-state index in [0.29, 0.717) is 30.1 Å². The van der Waals surface area contributed by atoms with E-state index in [1.165, 1.54) is 0 Å². The zero-order valence-electron chi connectivity index (χ0n) is 17.8. The molecule has 0 fully saturated rings. The van der Waals surface area contributed by atoms with Gasteiger partial charge in [0.15, 0.2) is 11.5 Å². The highest BCUT2D eigenvalue weighted by Gasteiger charge is 2.27. The summed E-state index contributed by atoms with van der Waals surface area (Å²) < 4.78 is 11.8. The molecular weight excluding hydrogens is 412 g/mol. The number of methoxy groups -OCH3 is 2. The van der Waals surface area contributed by atoms with E-state index in [-0.39, 0.29) is 24.0 Å². The Balaban J connectivity index is 1.59. The minimum absolute atomic E-state index is 0.00635. The first kappa shape index (κ1) is 21.2. The van der Waals surface area contributed by atoms with Crippen molar-refractivity contribution in [3.63, 3.8) is 0 Å². The normalized spacial score (nSPS) is 15.2. The maximum Gasteiger partial charge on any atom is 0.331 e. The lowest BCUT2D eigenvalue weighted by molar-refractivity contribution is 0.354. The summed E-state index contributed by atoms with van der Waals surface area (Å²) in [6, 6.07) is 14.9. The third-order valence-electron chi connectivity index (χ3n) is 5.49. The standard InChI is InChI=1S/C23H24N4O5/c1-31-18-9-8-15(12-19(18)32-2)16-13-17(26-25-16)20-21(28)24-23(30)27(22(20)29)11-10-14-6-4-3-5-7-14/h3-9,12,16,25,29H,10-11,13H2,1-2H3,(H,24,28,30)/t16-/m0/s1. The van der Waals surface area contributed by atoms with Gasteiger partial charge in [-0.05, 0) is 29.7 Å².